The number of nitrogens with one attached hydrogen (secondary N) is 1. The molecule has 0 aliphatic carbocycles. The minimum absolute atomic E-state index is 0.0860. The van der Waals surface area contributed by atoms with E-state index in [1.54, 1.807) is 24.3 Å². The molecule has 2 N–H and O–H groups in total. The number of nitro groups is 1. The monoisotopic (exact) mass is 382 g/mol. The van der Waals surface area contributed by atoms with Crippen molar-refractivity contribution in [2.45, 2.75) is 0 Å². The Morgan fingerprint density at radius 1 is 1.11 bits per heavy atom. The molecule has 0 atom stereocenters. The van der Waals surface area contributed by atoms with Gasteiger partial charge in [-0.25, -0.2) is 9.78 Å². The summed E-state index contributed by atoms with van der Waals surface area (Å²) in [5.41, 5.74) is 0.0219. The molecule has 2 aromatic carbocycles. The van der Waals surface area contributed by atoms with Crippen molar-refractivity contribution in [1.82, 2.24) is 9.97 Å². The summed E-state index contributed by atoms with van der Waals surface area (Å²) in [7, 11) is 1.45. The minimum Gasteiger partial charge on any atom is -0.493 e. The number of anilines is 2. The average Bonchev–Trinajstić information content (AvgIpc) is 2.68. The number of rotatable bonds is 7. The Bertz CT molecular complexity index is 1020. The van der Waals surface area contributed by atoms with Crippen LogP contribution >= 0.6 is 0 Å². The van der Waals surface area contributed by atoms with E-state index in [2.05, 4.69) is 15.3 Å². The van der Waals surface area contributed by atoms with E-state index in [4.69, 9.17) is 14.6 Å². The van der Waals surface area contributed by atoms with Gasteiger partial charge in [-0.15, -0.1) is 0 Å². The molecule has 28 heavy (non-hydrogen) atoms. The van der Waals surface area contributed by atoms with E-state index in [0.717, 1.165) is 6.33 Å². The number of ether oxygens (including phenoxy) is 2. The van der Waals surface area contributed by atoms with E-state index >= 15 is 0 Å². The molecular weight excluding hydrogens is 368 g/mol. The van der Waals surface area contributed by atoms with E-state index in [-0.39, 0.29) is 23.0 Å². The molecule has 3 aromatic rings. The third-order valence-electron chi connectivity index (χ3n) is 3.64. The number of carboxylic acids is 1. The topological polar surface area (TPSA) is 137 Å². The molecule has 142 valence electrons. The second-order valence-electron chi connectivity index (χ2n) is 5.39. The van der Waals surface area contributed by atoms with Crippen LogP contribution in [0.5, 0.6) is 17.4 Å². The quantitative estimate of drug-likeness (QED) is 0.463. The van der Waals surface area contributed by atoms with Gasteiger partial charge in [-0.1, -0.05) is 12.1 Å². The van der Waals surface area contributed by atoms with Gasteiger partial charge < -0.3 is 19.9 Å². The number of benzene rings is 2. The summed E-state index contributed by atoms with van der Waals surface area (Å²) < 4.78 is 10.8. The summed E-state index contributed by atoms with van der Waals surface area (Å²) in [6.07, 6.45) is 1.12. The predicted octanol–water partition coefficient (Wildman–Crippen LogP) is 3.63. The maximum absolute atomic E-state index is 11.6. The fourth-order valence-corrected chi connectivity index (χ4v) is 2.33. The summed E-state index contributed by atoms with van der Waals surface area (Å²) in [5, 5.41) is 23.3. The van der Waals surface area contributed by atoms with Crippen molar-refractivity contribution in [2.24, 2.45) is 0 Å². The lowest BCUT2D eigenvalue weighted by Crippen LogP contribution is -2.04. The van der Waals surface area contributed by atoms with Gasteiger partial charge in [0, 0.05) is 5.69 Å². The molecule has 0 saturated carbocycles. The Morgan fingerprint density at radius 3 is 2.39 bits per heavy atom. The smallest absolute Gasteiger partial charge is 0.373 e. The zero-order chi connectivity index (χ0) is 20.1. The van der Waals surface area contributed by atoms with Crippen molar-refractivity contribution in [3.63, 3.8) is 0 Å². The maximum Gasteiger partial charge on any atom is 0.373 e. The molecule has 0 fully saturated rings. The predicted molar refractivity (Wildman–Crippen MR) is 98.4 cm³/mol. The van der Waals surface area contributed by atoms with E-state index in [9.17, 15) is 14.9 Å². The van der Waals surface area contributed by atoms with Crippen LogP contribution in [-0.4, -0.2) is 33.1 Å². The van der Waals surface area contributed by atoms with Crippen molar-refractivity contribution >= 4 is 23.2 Å². The first-order valence-electron chi connectivity index (χ1n) is 7.90. The summed E-state index contributed by atoms with van der Waals surface area (Å²) in [6.45, 7) is 0. The van der Waals surface area contributed by atoms with E-state index < -0.39 is 16.6 Å². The van der Waals surface area contributed by atoms with Gasteiger partial charge in [0.2, 0.25) is 5.82 Å². The summed E-state index contributed by atoms with van der Waals surface area (Å²) in [6, 6.07) is 12.3. The minimum atomic E-state index is -1.08. The first-order chi connectivity index (χ1) is 13.5. The molecule has 0 radical (unpaired) electrons. The van der Waals surface area contributed by atoms with Gasteiger partial charge >= 0.3 is 17.5 Å². The highest BCUT2D eigenvalue weighted by atomic mass is 16.6. The van der Waals surface area contributed by atoms with Gasteiger partial charge in [-0.2, -0.15) is 4.98 Å². The zero-order valence-electron chi connectivity index (χ0n) is 14.5. The first-order valence-corrected chi connectivity index (χ1v) is 7.90. The van der Waals surface area contributed by atoms with Crippen LogP contribution < -0.4 is 14.8 Å². The molecule has 10 heteroatoms. The van der Waals surface area contributed by atoms with E-state index in [0.29, 0.717) is 11.4 Å². The molecule has 10 nitrogen and oxygen atoms in total. The van der Waals surface area contributed by atoms with Crippen LogP contribution in [-0.2, 0) is 0 Å². The van der Waals surface area contributed by atoms with Crippen molar-refractivity contribution in [3.8, 4) is 17.4 Å². The van der Waals surface area contributed by atoms with Crippen LogP contribution in [0.25, 0.3) is 0 Å². The third-order valence-corrected chi connectivity index (χ3v) is 3.64. The number of aromatic carboxylic acids is 1. The van der Waals surface area contributed by atoms with Crippen LogP contribution in [0, 0.1) is 10.1 Å². The normalized spacial score (nSPS) is 10.2. The number of carboxylic acid groups (broad SMARTS) is 1. The van der Waals surface area contributed by atoms with Crippen molar-refractivity contribution in [1.29, 1.82) is 0 Å². The second kappa shape index (κ2) is 7.99. The number of carbonyl (C=O) groups is 1. The number of nitrogens with zero attached hydrogens (tertiary/aromatic N) is 3. The Morgan fingerprint density at radius 2 is 1.79 bits per heavy atom. The Hall–Kier alpha value is -4.21. The highest BCUT2D eigenvalue weighted by Crippen LogP contribution is 2.38. The molecule has 0 spiro atoms. The van der Waals surface area contributed by atoms with Crippen LogP contribution in [0.1, 0.15) is 10.4 Å². The van der Waals surface area contributed by atoms with Gasteiger partial charge in [0.1, 0.15) is 6.33 Å². The Labute approximate surface area is 158 Å². The molecule has 0 unspecified atom stereocenters. The van der Waals surface area contributed by atoms with Gasteiger partial charge in [-0.3, -0.25) is 10.1 Å². The third kappa shape index (κ3) is 3.96. The molecular formula is C18H14N4O6. The molecule has 0 aliphatic heterocycles. The summed E-state index contributed by atoms with van der Waals surface area (Å²) >= 11 is 0. The number of methoxy groups -OCH3 is 1. The van der Waals surface area contributed by atoms with Crippen molar-refractivity contribution in [3.05, 3.63) is 70.5 Å². The number of aromatic nitrogens is 2. The fraction of sp³-hybridized carbons (Fsp3) is 0.0556. The lowest BCUT2D eigenvalue weighted by Gasteiger charge is -2.11. The molecule has 0 saturated heterocycles. The van der Waals surface area contributed by atoms with Crippen LogP contribution in [0.3, 0.4) is 0 Å². The Kier molecular flexibility index (Phi) is 5.30. The van der Waals surface area contributed by atoms with E-state index in [1.807, 2.05) is 0 Å². The maximum atomic E-state index is 11.6. The molecule has 1 aromatic heterocycles. The highest BCUT2D eigenvalue weighted by molar-refractivity contribution is 5.88. The lowest BCUT2D eigenvalue weighted by atomic mass is 10.2. The fourth-order valence-electron chi connectivity index (χ4n) is 2.33. The summed E-state index contributed by atoms with van der Waals surface area (Å²) in [4.78, 5) is 29.6. The van der Waals surface area contributed by atoms with Crippen LogP contribution in [0.15, 0.2) is 54.9 Å². The lowest BCUT2D eigenvalue weighted by molar-refractivity contribution is -0.385. The second-order valence-corrected chi connectivity index (χ2v) is 5.39. The van der Waals surface area contributed by atoms with Crippen LogP contribution in [0.4, 0.5) is 17.2 Å². The van der Waals surface area contributed by atoms with E-state index in [1.165, 1.54) is 31.4 Å². The van der Waals surface area contributed by atoms with Gasteiger partial charge in [-0.05, 0) is 36.4 Å². The summed E-state index contributed by atoms with van der Waals surface area (Å²) in [5.74, 6) is -0.813. The number of hydrogen-bond donors (Lipinski definition) is 2. The standard InChI is InChI=1S/C18H14N4O6/c1-27-13-4-2-3-5-14(13)28-17-15(22(25)26)16(19-10-20-17)21-12-8-6-11(7-9-12)18(23)24/h2-10H,1H3,(H,23,24)(H,19,20,21). The first kappa shape index (κ1) is 18.6. The highest BCUT2D eigenvalue weighted by Gasteiger charge is 2.26. The molecule has 3 rings (SSSR count). The average molecular weight is 382 g/mol. The van der Waals surface area contributed by atoms with Crippen molar-refractivity contribution < 1.29 is 24.3 Å². The largest absolute Gasteiger partial charge is 0.493 e. The van der Waals surface area contributed by atoms with Gasteiger partial charge in [0.25, 0.3) is 0 Å². The van der Waals surface area contributed by atoms with Gasteiger partial charge in [0.15, 0.2) is 11.5 Å². The molecule has 0 bridgehead atoms. The molecule has 0 aliphatic rings. The zero-order valence-corrected chi connectivity index (χ0v) is 14.5. The Balaban J connectivity index is 1.95. The SMILES string of the molecule is COc1ccccc1Oc1ncnc(Nc2ccc(C(=O)O)cc2)c1[N+](=O)[O-]. The van der Waals surface area contributed by atoms with Crippen LogP contribution in [0.2, 0.25) is 0 Å². The molecule has 0 amide bonds. The van der Waals surface area contributed by atoms with Crippen molar-refractivity contribution in [2.75, 3.05) is 12.4 Å². The number of hydrogen-bond acceptors (Lipinski definition) is 8. The van der Waals surface area contributed by atoms with Gasteiger partial charge in [0.05, 0.1) is 17.6 Å². The number of para-hydroxylation sites is 2. The molecule has 1 heterocycles.